The predicted molar refractivity (Wildman–Crippen MR) is 74.3 cm³/mol. The molecule has 10 heteroatoms. The normalized spacial score (nSPS) is 13.1. The number of carbonyl (C=O) groups is 4. The van der Waals surface area contributed by atoms with Gasteiger partial charge in [-0.15, -0.1) is 0 Å². The first kappa shape index (κ1) is 20.8. The van der Waals surface area contributed by atoms with Crippen LogP contribution in [0.2, 0.25) is 0 Å². The predicted octanol–water partition coefficient (Wildman–Crippen LogP) is -1.66. The van der Waals surface area contributed by atoms with Crippen LogP contribution in [0.15, 0.2) is 0 Å². The van der Waals surface area contributed by atoms with Crippen LogP contribution in [-0.2, 0) is 23.9 Å². The van der Waals surface area contributed by atoms with E-state index < -0.39 is 54.0 Å². The van der Waals surface area contributed by atoms with E-state index >= 15 is 0 Å². The van der Waals surface area contributed by atoms with E-state index in [4.69, 9.17) is 15.3 Å². The quantitative estimate of drug-likeness (QED) is 0.244. The van der Waals surface area contributed by atoms with Gasteiger partial charge in [-0.1, -0.05) is 13.8 Å². The molecule has 0 aliphatic carbocycles. The van der Waals surface area contributed by atoms with Crippen molar-refractivity contribution in [1.82, 2.24) is 5.32 Å². The van der Waals surface area contributed by atoms with E-state index in [0.29, 0.717) is 6.92 Å². The summed E-state index contributed by atoms with van der Waals surface area (Å²) in [6, 6.07) is 0. The van der Waals surface area contributed by atoms with Crippen molar-refractivity contribution in [2.75, 3.05) is 13.2 Å². The number of rotatable bonds is 9. The Morgan fingerprint density at radius 1 is 1.09 bits per heavy atom. The Hall–Kier alpha value is -2.20. The molecule has 0 radical (unpaired) electrons. The Labute approximate surface area is 132 Å². The third-order valence-corrected chi connectivity index (χ3v) is 3.16. The van der Waals surface area contributed by atoms with Gasteiger partial charge in [-0.05, 0) is 6.92 Å². The molecule has 0 bridgehead atoms. The highest BCUT2D eigenvalue weighted by atomic mass is 16.6. The highest BCUT2D eigenvalue weighted by Gasteiger charge is 2.45. The summed E-state index contributed by atoms with van der Waals surface area (Å²) in [5, 5.41) is 38.5. The third-order valence-electron chi connectivity index (χ3n) is 3.16. The third kappa shape index (κ3) is 5.49. The number of carboxylic acids is 2. The summed E-state index contributed by atoms with van der Waals surface area (Å²) in [6.45, 7) is 2.87. The summed E-state index contributed by atoms with van der Waals surface area (Å²) in [5.74, 6) is -5.67. The van der Waals surface area contributed by atoms with E-state index in [9.17, 15) is 24.3 Å². The number of nitrogens with one attached hydrogen (secondary N) is 1. The molecule has 1 unspecified atom stereocenters. The molecule has 1 atom stereocenters. The number of esters is 1. The van der Waals surface area contributed by atoms with E-state index in [1.165, 1.54) is 13.8 Å². The molecule has 0 heterocycles. The Bertz CT molecular complexity index is 472. The van der Waals surface area contributed by atoms with Crippen molar-refractivity contribution in [1.29, 1.82) is 0 Å². The molecule has 0 aliphatic heterocycles. The molecular weight excluding hydrogens is 314 g/mol. The first-order chi connectivity index (χ1) is 10.4. The number of carbonyl (C=O) groups excluding carboxylic acids is 2. The number of aliphatic carboxylic acids is 2. The van der Waals surface area contributed by atoms with Gasteiger partial charge in [0.25, 0.3) is 0 Å². The lowest BCUT2D eigenvalue weighted by molar-refractivity contribution is -0.188. The first-order valence-electron chi connectivity index (χ1n) is 6.63. The van der Waals surface area contributed by atoms with Gasteiger partial charge >= 0.3 is 23.5 Å². The number of hydrogen-bond acceptors (Lipinski definition) is 7. The van der Waals surface area contributed by atoms with Crippen LogP contribution in [0, 0.1) is 5.41 Å². The molecule has 0 aromatic carbocycles. The van der Waals surface area contributed by atoms with Gasteiger partial charge in [0, 0.05) is 12.0 Å². The maximum absolute atomic E-state index is 11.6. The lowest BCUT2D eigenvalue weighted by Gasteiger charge is -2.27. The van der Waals surface area contributed by atoms with Crippen molar-refractivity contribution >= 4 is 23.8 Å². The number of aliphatic hydroxyl groups is 2. The maximum atomic E-state index is 11.6. The highest BCUT2D eigenvalue weighted by Crippen LogP contribution is 2.19. The molecule has 10 nitrogen and oxygen atoms in total. The van der Waals surface area contributed by atoms with Gasteiger partial charge in [-0.25, -0.2) is 9.59 Å². The minimum Gasteiger partial charge on any atom is -0.478 e. The van der Waals surface area contributed by atoms with Crippen LogP contribution in [0.5, 0.6) is 0 Å². The van der Waals surface area contributed by atoms with Crippen molar-refractivity contribution in [2.24, 2.45) is 5.41 Å². The Morgan fingerprint density at radius 3 is 1.96 bits per heavy atom. The Balaban J connectivity index is 4.50. The number of amides is 1. The molecule has 0 fully saturated rings. The molecule has 23 heavy (non-hydrogen) atoms. The topological polar surface area (TPSA) is 170 Å². The van der Waals surface area contributed by atoms with Crippen molar-refractivity contribution in [3.8, 4) is 0 Å². The number of carboxylic acid groups (broad SMARTS) is 2. The van der Waals surface area contributed by atoms with Crippen molar-refractivity contribution in [3.63, 3.8) is 0 Å². The van der Waals surface area contributed by atoms with E-state index in [2.05, 4.69) is 10.1 Å². The van der Waals surface area contributed by atoms with Crippen LogP contribution in [0.4, 0.5) is 0 Å². The van der Waals surface area contributed by atoms with Gasteiger partial charge in [0.05, 0.1) is 13.0 Å². The smallest absolute Gasteiger partial charge is 0.359 e. The second kappa shape index (κ2) is 7.88. The van der Waals surface area contributed by atoms with Crippen LogP contribution < -0.4 is 5.32 Å². The van der Waals surface area contributed by atoms with Gasteiger partial charge in [-0.3, -0.25) is 9.59 Å². The molecule has 0 spiro atoms. The number of aliphatic hydroxyl groups excluding tert-OH is 2. The minimum atomic E-state index is -2.72. The molecule has 0 rings (SSSR count). The largest absolute Gasteiger partial charge is 0.478 e. The fourth-order valence-corrected chi connectivity index (χ4v) is 1.28. The molecule has 132 valence electrons. The average molecular weight is 335 g/mol. The van der Waals surface area contributed by atoms with E-state index in [-0.39, 0.29) is 6.54 Å². The van der Waals surface area contributed by atoms with Gasteiger partial charge in [0.15, 0.2) is 0 Å². The van der Waals surface area contributed by atoms with Crippen LogP contribution in [0.3, 0.4) is 0 Å². The van der Waals surface area contributed by atoms with E-state index in [1.807, 2.05) is 0 Å². The van der Waals surface area contributed by atoms with Crippen molar-refractivity contribution in [2.45, 2.75) is 38.9 Å². The summed E-state index contributed by atoms with van der Waals surface area (Å²) in [4.78, 5) is 44.7. The first-order valence-corrected chi connectivity index (χ1v) is 6.63. The molecule has 5 N–H and O–H groups in total. The molecule has 0 saturated carbocycles. The van der Waals surface area contributed by atoms with Crippen molar-refractivity contribution in [3.05, 3.63) is 0 Å². The molecular formula is C13H21NO9. The van der Waals surface area contributed by atoms with Crippen LogP contribution in [0.25, 0.3) is 0 Å². The molecule has 0 aromatic rings. The Kier molecular flexibility index (Phi) is 7.13. The second-order valence-corrected chi connectivity index (χ2v) is 5.71. The van der Waals surface area contributed by atoms with Crippen LogP contribution >= 0.6 is 0 Å². The summed E-state index contributed by atoms with van der Waals surface area (Å²) in [6.07, 6.45) is -2.01. The van der Waals surface area contributed by atoms with Gasteiger partial charge < -0.3 is 30.5 Å². The van der Waals surface area contributed by atoms with Gasteiger partial charge in [0.2, 0.25) is 5.91 Å². The number of ether oxygens (including phenoxy) is 1. The standard InChI is InChI=1S/C13H21NO9/c1-12(2,6-15)8(17)9(18)14-5-4-7(16)23-13(3,10(19)20)11(21)22/h8,15,17H,4-6H2,1-3H3,(H,14,18)(H,19,20)(H,21,22). The summed E-state index contributed by atoms with van der Waals surface area (Å²) < 4.78 is 4.40. The van der Waals surface area contributed by atoms with Crippen LogP contribution in [0.1, 0.15) is 27.2 Å². The highest BCUT2D eigenvalue weighted by molar-refractivity contribution is 6.03. The fraction of sp³-hybridized carbons (Fsp3) is 0.692. The average Bonchev–Trinajstić information content (AvgIpc) is 2.45. The lowest BCUT2D eigenvalue weighted by Crippen LogP contribution is -2.48. The summed E-state index contributed by atoms with van der Waals surface area (Å²) in [5.41, 5.74) is -3.81. The zero-order chi connectivity index (χ0) is 18.4. The fourth-order valence-electron chi connectivity index (χ4n) is 1.28. The van der Waals surface area contributed by atoms with E-state index in [1.54, 1.807) is 0 Å². The monoisotopic (exact) mass is 335 g/mol. The minimum absolute atomic E-state index is 0.300. The van der Waals surface area contributed by atoms with Crippen molar-refractivity contribution < 1.29 is 44.3 Å². The SMILES string of the molecule is CC(OC(=O)CCNC(=O)C(O)C(C)(C)CO)(C(=O)O)C(=O)O. The maximum Gasteiger partial charge on any atom is 0.359 e. The molecule has 0 saturated heterocycles. The zero-order valence-electron chi connectivity index (χ0n) is 13.0. The molecule has 0 aliphatic rings. The Morgan fingerprint density at radius 2 is 1.57 bits per heavy atom. The second-order valence-electron chi connectivity index (χ2n) is 5.71. The van der Waals surface area contributed by atoms with E-state index in [0.717, 1.165) is 0 Å². The number of hydrogen-bond donors (Lipinski definition) is 5. The molecule has 0 aromatic heterocycles. The molecule has 1 amide bonds. The summed E-state index contributed by atoms with van der Waals surface area (Å²) >= 11 is 0. The van der Waals surface area contributed by atoms with Gasteiger partial charge in [0.1, 0.15) is 6.10 Å². The zero-order valence-corrected chi connectivity index (χ0v) is 13.0. The van der Waals surface area contributed by atoms with Gasteiger partial charge in [-0.2, -0.15) is 0 Å². The van der Waals surface area contributed by atoms with Crippen LogP contribution in [-0.4, -0.2) is 69.1 Å². The summed E-state index contributed by atoms with van der Waals surface area (Å²) in [7, 11) is 0. The lowest BCUT2D eigenvalue weighted by atomic mass is 9.87.